The summed E-state index contributed by atoms with van der Waals surface area (Å²) in [6.45, 7) is 8.29. The maximum Gasteiger partial charge on any atom is 0.248 e. The van der Waals surface area contributed by atoms with Crippen molar-refractivity contribution in [1.29, 1.82) is 0 Å². The van der Waals surface area contributed by atoms with Crippen molar-refractivity contribution in [3.8, 4) is 0 Å². The SMILES string of the molecule is CC(Nc1cccc2c1C1CCC2O1)c1nc(C(C)(C)C)no1. The molecule has 0 radical (unpaired) electrons. The van der Waals surface area contributed by atoms with E-state index in [4.69, 9.17) is 9.26 Å². The largest absolute Gasteiger partial charge is 0.374 e. The molecule has 23 heavy (non-hydrogen) atoms. The molecule has 1 N–H and O–H groups in total. The Hall–Kier alpha value is -1.88. The van der Waals surface area contributed by atoms with E-state index in [1.165, 1.54) is 11.1 Å². The summed E-state index contributed by atoms with van der Waals surface area (Å²) in [5, 5.41) is 7.64. The first-order valence-corrected chi connectivity index (χ1v) is 8.32. The molecular formula is C18H23N3O2. The Labute approximate surface area is 136 Å². The third-order valence-electron chi connectivity index (χ3n) is 4.68. The van der Waals surface area contributed by atoms with Gasteiger partial charge in [0.25, 0.3) is 0 Å². The van der Waals surface area contributed by atoms with Gasteiger partial charge in [0, 0.05) is 16.7 Å². The van der Waals surface area contributed by atoms with Crippen molar-refractivity contribution in [3.05, 3.63) is 41.0 Å². The normalized spacial score (nSPS) is 23.8. The van der Waals surface area contributed by atoms with Crippen LogP contribution in [-0.4, -0.2) is 10.1 Å². The quantitative estimate of drug-likeness (QED) is 0.907. The second-order valence-electron chi connectivity index (χ2n) is 7.57. The lowest BCUT2D eigenvalue weighted by Crippen LogP contribution is -2.14. The molecule has 1 aromatic heterocycles. The molecule has 0 amide bonds. The number of fused-ring (bicyclic) bond motifs is 5. The molecule has 2 aromatic rings. The van der Waals surface area contributed by atoms with E-state index in [9.17, 15) is 0 Å². The summed E-state index contributed by atoms with van der Waals surface area (Å²) in [7, 11) is 0. The van der Waals surface area contributed by atoms with Gasteiger partial charge in [0.15, 0.2) is 5.82 Å². The molecule has 2 aliphatic rings. The fourth-order valence-electron chi connectivity index (χ4n) is 3.44. The molecule has 3 heterocycles. The van der Waals surface area contributed by atoms with Crippen molar-refractivity contribution in [2.45, 2.75) is 64.2 Å². The summed E-state index contributed by atoms with van der Waals surface area (Å²) >= 11 is 0. The second kappa shape index (κ2) is 5.06. The first kappa shape index (κ1) is 14.7. The number of benzene rings is 1. The number of nitrogens with zero attached hydrogens (tertiary/aromatic N) is 2. The van der Waals surface area contributed by atoms with Crippen LogP contribution in [0.3, 0.4) is 0 Å². The molecule has 0 aliphatic carbocycles. The number of aromatic nitrogens is 2. The van der Waals surface area contributed by atoms with Crippen molar-refractivity contribution < 1.29 is 9.26 Å². The number of hydrogen-bond acceptors (Lipinski definition) is 5. The van der Waals surface area contributed by atoms with Crippen molar-refractivity contribution >= 4 is 5.69 Å². The minimum Gasteiger partial charge on any atom is -0.374 e. The Kier molecular flexibility index (Phi) is 3.23. The molecule has 122 valence electrons. The molecule has 3 atom stereocenters. The molecule has 4 rings (SSSR count). The van der Waals surface area contributed by atoms with Gasteiger partial charge in [0.1, 0.15) is 6.04 Å². The molecule has 3 unspecified atom stereocenters. The number of nitrogens with one attached hydrogen (secondary N) is 1. The predicted molar refractivity (Wildman–Crippen MR) is 87.3 cm³/mol. The summed E-state index contributed by atoms with van der Waals surface area (Å²) in [4.78, 5) is 4.55. The van der Waals surface area contributed by atoms with Crippen molar-refractivity contribution in [2.75, 3.05) is 5.32 Å². The van der Waals surface area contributed by atoms with Gasteiger partial charge in [0.2, 0.25) is 5.89 Å². The standard InChI is InChI=1S/C18H23N3O2/c1-10(16-20-17(21-23-16)18(2,3)4)19-12-7-5-6-11-13-8-9-14(22-13)15(11)12/h5-7,10,13-14,19H,8-9H2,1-4H3. The fraction of sp³-hybridized carbons (Fsp3) is 0.556. The number of rotatable bonds is 3. The van der Waals surface area contributed by atoms with Crippen LogP contribution in [0.2, 0.25) is 0 Å². The number of ether oxygens (including phenoxy) is 1. The van der Waals surface area contributed by atoms with E-state index in [-0.39, 0.29) is 23.7 Å². The molecular weight excluding hydrogens is 290 g/mol. The highest BCUT2D eigenvalue weighted by Gasteiger charge is 2.39. The van der Waals surface area contributed by atoms with Gasteiger partial charge in [-0.3, -0.25) is 0 Å². The Morgan fingerprint density at radius 2 is 2.00 bits per heavy atom. The molecule has 5 heteroatoms. The lowest BCUT2D eigenvalue weighted by molar-refractivity contribution is 0.0718. The Morgan fingerprint density at radius 1 is 1.22 bits per heavy atom. The molecule has 2 bridgehead atoms. The minimum atomic E-state index is -0.109. The molecule has 5 nitrogen and oxygen atoms in total. The third kappa shape index (κ3) is 2.43. The lowest BCUT2D eigenvalue weighted by Gasteiger charge is -2.19. The van der Waals surface area contributed by atoms with Gasteiger partial charge >= 0.3 is 0 Å². The maximum absolute atomic E-state index is 6.03. The first-order valence-electron chi connectivity index (χ1n) is 8.32. The van der Waals surface area contributed by atoms with E-state index in [0.717, 1.165) is 24.4 Å². The average molecular weight is 313 g/mol. The van der Waals surface area contributed by atoms with E-state index in [0.29, 0.717) is 5.89 Å². The molecule has 1 aromatic carbocycles. The van der Waals surface area contributed by atoms with Crippen molar-refractivity contribution in [1.82, 2.24) is 10.1 Å². The van der Waals surface area contributed by atoms with E-state index < -0.39 is 0 Å². The van der Waals surface area contributed by atoms with Crippen LogP contribution in [0.1, 0.15) is 81.6 Å². The van der Waals surface area contributed by atoms with Gasteiger partial charge in [-0.05, 0) is 31.4 Å². The van der Waals surface area contributed by atoms with E-state index >= 15 is 0 Å². The van der Waals surface area contributed by atoms with Gasteiger partial charge in [0.05, 0.1) is 12.2 Å². The number of hydrogen-bond donors (Lipinski definition) is 1. The van der Waals surface area contributed by atoms with Gasteiger partial charge in [-0.25, -0.2) is 0 Å². The summed E-state index contributed by atoms with van der Waals surface area (Å²) in [6, 6.07) is 6.34. The zero-order chi connectivity index (χ0) is 16.2. The maximum atomic E-state index is 6.03. The smallest absolute Gasteiger partial charge is 0.248 e. The Balaban J connectivity index is 1.59. The highest BCUT2D eigenvalue weighted by Crippen LogP contribution is 2.53. The monoisotopic (exact) mass is 313 g/mol. The third-order valence-corrected chi connectivity index (χ3v) is 4.68. The molecule has 0 saturated carbocycles. The van der Waals surface area contributed by atoms with Gasteiger partial charge in [-0.2, -0.15) is 4.98 Å². The summed E-state index contributed by atoms with van der Waals surface area (Å²) in [6.07, 6.45) is 2.76. The Bertz CT molecular complexity index is 732. The van der Waals surface area contributed by atoms with Crippen LogP contribution in [0.25, 0.3) is 0 Å². The highest BCUT2D eigenvalue weighted by atomic mass is 16.5. The minimum absolute atomic E-state index is 0.0378. The fourth-order valence-corrected chi connectivity index (χ4v) is 3.44. The lowest BCUT2D eigenvalue weighted by atomic mass is 9.90. The van der Waals surface area contributed by atoms with Crippen LogP contribution in [0.5, 0.6) is 0 Å². The van der Waals surface area contributed by atoms with Crippen LogP contribution in [0.15, 0.2) is 22.7 Å². The zero-order valence-corrected chi connectivity index (χ0v) is 14.1. The molecule has 2 aliphatic heterocycles. The van der Waals surface area contributed by atoms with Crippen LogP contribution >= 0.6 is 0 Å². The van der Waals surface area contributed by atoms with Gasteiger partial charge in [-0.15, -0.1) is 0 Å². The molecule has 0 spiro atoms. The topological polar surface area (TPSA) is 60.2 Å². The van der Waals surface area contributed by atoms with Crippen molar-refractivity contribution in [3.63, 3.8) is 0 Å². The summed E-state index contributed by atoms with van der Waals surface area (Å²) < 4.78 is 11.5. The van der Waals surface area contributed by atoms with Gasteiger partial charge < -0.3 is 14.6 Å². The summed E-state index contributed by atoms with van der Waals surface area (Å²) in [5.74, 6) is 1.36. The van der Waals surface area contributed by atoms with Crippen LogP contribution in [0.4, 0.5) is 5.69 Å². The van der Waals surface area contributed by atoms with Crippen LogP contribution in [-0.2, 0) is 10.2 Å². The van der Waals surface area contributed by atoms with E-state index in [1.807, 2.05) is 6.92 Å². The summed E-state index contributed by atoms with van der Waals surface area (Å²) in [5.41, 5.74) is 3.66. The predicted octanol–water partition coefficient (Wildman–Crippen LogP) is 4.45. The second-order valence-corrected chi connectivity index (χ2v) is 7.57. The zero-order valence-electron chi connectivity index (χ0n) is 14.1. The van der Waals surface area contributed by atoms with Crippen LogP contribution < -0.4 is 5.32 Å². The van der Waals surface area contributed by atoms with Crippen LogP contribution in [0, 0.1) is 0 Å². The highest BCUT2D eigenvalue weighted by molar-refractivity contribution is 5.59. The van der Waals surface area contributed by atoms with E-state index in [1.54, 1.807) is 0 Å². The Morgan fingerprint density at radius 3 is 2.74 bits per heavy atom. The average Bonchev–Trinajstić information content (AvgIpc) is 3.22. The number of anilines is 1. The van der Waals surface area contributed by atoms with E-state index in [2.05, 4.69) is 54.4 Å². The molecule has 1 fully saturated rings. The van der Waals surface area contributed by atoms with Gasteiger partial charge in [-0.1, -0.05) is 38.1 Å². The molecule has 1 saturated heterocycles. The van der Waals surface area contributed by atoms with Crippen molar-refractivity contribution in [2.24, 2.45) is 0 Å². The first-order chi connectivity index (χ1) is 10.9.